The topological polar surface area (TPSA) is 78.4 Å². The summed E-state index contributed by atoms with van der Waals surface area (Å²) in [6, 6.07) is 8.86. The van der Waals surface area contributed by atoms with Crippen molar-refractivity contribution < 1.29 is 8.42 Å². The zero-order chi connectivity index (χ0) is 18.6. The van der Waals surface area contributed by atoms with Crippen LogP contribution in [0.5, 0.6) is 0 Å². The molecular formula is C18H25N5O2S. The van der Waals surface area contributed by atoms with Crippen molar-refractivity contribution in [1.82, 2.24) is 14.3 Å². The summed E-state index contributed by atoms with van der Waals surface area (Å²) >= 11 is 0. The standard InChI is InChI=1S/C18H25N5O2S/c1-22(2)26(24,25)16-8-6-15(7-9-16)13-19-17-12-18(21-14-20-17)23-10-4-3-5-11-23/h6-9,12,14H,3-5,10-11,13H2,1-2H3,(H,19,20,21). The molecule has 1 aliphatic rings. The van der Waals surface area contributed by atoms with Gasteiger partial charge in [-0.15, -0.1) is 0 Å². The molecule has 0 saturated carbocycles. The molecule has 1 saturated heterocycles. The number of anilines is 2. The lowest BCUT2D eigenvalue weighted by Gasteiger charge is -2.27. The molecule has 0 amide bonds. The Bertz CT molecular complexity index is 831. The van der Waals surface area contributed by atoms with Crippen LogP contribution in [0.2, 0.25) is 0 Å². The molecule has 0 bridgehead atoms. The molecule has 1 aromatic heterocycles. The third-order valence-corrected chi connectivity index (χ3v) is 6.34. The quantitative estimate of drug-likeness (QED) is 0.835. The number of rotatable bonds is 6. The monoisotopic (exact) mass is 375 g/mol. The number of nitrogens with one attached hydrogen (secondary N) is 1. The molecule has 0 aliphatic carbocycles. The summed E-state index contributed by atoms with van der Waals surface area (Å²) in [6.07, 6.45) is 5.27. The van der Waals surface area contributed by atoms with Crippen LogP contribution >= 0.6 is 0 Å². The molecule has 0 atom stereocenters. The highest BCUT2D eigenvalue weighted by molar-refractivity contribution is 7.89. The Hall–Kier alpha value is -2.19. The summed E-state index contributed by atoms with van der Waals surface area (Å²) in [5.74, 6) is 1.72. The minimum atomic E-state index is -3.39. The van der Waals surface area contributed by atoms with Gasteiger partial charge in [-0.05, 0) is 37.0 Å². The Morgan fingerprint density at radius 1 is 1.08 bits per heavy atom. The molecule has 0 spiro atoms. The van der Waals surface area contributed by atoms with Gasteiger partial charge in [0.05, 0.1) is 4.90 Å². The number of hydrogen-bond donors (Lipinski definition) is 1. The van der Waals surface area contributed by atoms with Crippen LogP contribution in [0.4, 0.5) is 11.6 Å². The van der Waals surface area contributed by atoms with Crippen molar-refractivity contribution >= 4 is 21.7 Å². The van der Waals surface area contributed by atoms with Gasteiger partial charge in [0.2, 0.25) is 10.0 Å². The molecule has 7 nitrogen and oxygen atoms in total. The molecule has 140 valence electrons. The highest BCUT2D eigenvalue weighted by Gasteiger charge is 2.16. The van der Waals surface area contributed by atoms with Gasteiger partial charge < -0.3 is 10.2 Å². The maximum atomic E-state index is 12.1. The summed E-state index contributed by atoms with van der Waals surface area (Å²) < 4.78 is 25.4. The van der Waals surface area contributed by atoms with Crippen LogP contribution in [0.15, 0.2) is 41.6 Å². The van der Waals surface area contributed by atoms with Gasteiger partial charge in [0.15, 0.2) is 0 Å². The highest BCUT2D eigenvalue weighted by Crippen LogP contribution is 2.20. The lowest BCUT2D eigenvalue weighted by molar-refractivity contribution is 0.520. The smallest absolute Gasteiger partial charge is 0.242 e. The molecule has 26 heavy (non-hydrogen) atoms. The average molecular weight is 375 g/mol. The molecule has 2 heterocycles. The molecular weight excluding hydrogens is 350 g/mol. The zero-order valence-corrected chi connectivity index (χ0v) is 16.0. The second-order valence-corrected chi connectivity index (χ2v) is 8.75. The maximum absolute atomic E-state index is 12.1. The van der Waals surface area contributed by atoms with Gasteiger partial charge >= 0.3 is 0 Å². The second kappa shape index (κ2) is 8.01. The Morgan fingerprint density at radius 2 is 1.77 bits per heavy atom. The van der Waals surface area contributed by atoms with Gasteiger partial charge in [-0.25, -0.2) is 22.7 Å². The number of benzene rings is 1. The summed E-state index contributed by atoms with van der Waals surface area (Å²) in [4.78, 5) is 11.2. The van der Waals surface area contributed by atoms with Crippen LogP contribution in [-0.4, -0.2) is 49.9 Å². The third kappa shape index (κ3) is 4.31. The van der Waals surface area contributed by atoms with Crippen molar-refractivity contribution in [3.63, 3.8) is 0 Å². The summed E-state index contributed by atoms with van der Waals surface area (Å²) in [7, 11) is -0.337. The number of aromatic nitrogens is 2. The highest BCUT2D eigenvalue weighted by atomic mass is 32.2. The van der Waals surface area contributed by atoms with E-state index in [0.29, 0.717) is 11.4 Å². The normalized spacial score (nSPS) is 15.3. The molecule has 1 N–H and O–H groups in total. The summed E-state index contributed by atoms with van der Waals surface area (Å²) in [6.45, 7) is 2.65. The van der Waals surface area contributed by atoms with Crippen LogP contribution < -0.4 is 10.2 Å². The van der Waals surface area contributed by atoms with Gasteiger partial charge in [0, 0.05) is 39.8 Å². The molecule has 8 heteroatoms. The number of piperidine rings is 1. The van der Waals surface area contributed by atoms with Crippen molar-refractivity contribution in [3.8, 4) is 0 Å². The molecule has 3 rings (SSSR count). The van der Waals surface area contributed by atoms with Crippen molar-refractivity contribution in [2.75, 3.05) is 37.4 Å². The second-order valence-electron chi connectivity index (χ2n) is 6.59. The fraction of sp³-hybridized carbons (Fsp3) is 0.444. The van der Waals surface area contributed by atoms with Crippen molar-refractivity contribution in [2.45, 2.75) is 30.7 Å². The van der Waals surface area contributed by atoms with Gasteiger partial charge in [0.25, 0.3) is 0 Å². The first-order valence-electron chi connectivity index (χ1n) is 8.79. The molecule has 2 aromatic rings. The van der Waals surface area contributed by atoms with Gasteiger partial charge in [-0.3, -0.25) is 0 Å². The fourth-order valence-electron chi connectivity index (χ4n) is 2.92. The first-order chi connectivity index (χ1) is 12.5. The fourth-order valence-corrected chi connectivity index (χ4v) is 3.82. The van der Waals surface area contributed by atoms with Crippen molar-refractivity contribution in [2.24, 2.45) is 0 Å². The lowest BCUT2D eigenvalue weighted by Crippen LogP contribution is -2.30. The molecule has 0 radical (unpaired) electrons. The molecule has 1 aromatic carbocycles. The molecule has 1 aliphatic heterocycles. The van der Waals surface area contributed by atoms with Gasteiger partial charge in [-0.1, -0.05) is 12.1 Å². The summed E-state index contributed by atoms with van der Waals surface area (Å²) in [5, 5.41) is 3.28. The third-order valence-electron chi connectivity index (χ3n) is 4.51. The van der Waals surface area contributed by atoms with Crippen molar-refractivity contribution in [3.05, 3.63) is 42.2 Å². The van der Waals surface area contributed by atoms with E-state index < -0.39 is 10.0 Å². The summed E-state index contributed by atoms with van der Waals surface area (Å²) in [5.41, 5.74) is 0.987. The van der Waals surface area contributed by atoms with Crippen LogP contribution in [0.3, 0.4) is 0 Å². The van der Waals surface area contributed by atoms with Gasteiger partial charge in [-0.2, -0.15) is 0 Å². The zero-order valence-electron chi connectivity index (χ0n) is 15.2. The van der Waals surface area contributed by atoms with E-state index in [1.54, 1.807) is 18.5 Å². The average Bonchev–Trinajstić information content (AvgIpc) is 2.67. The van der Waals surface area contributed by atoms with Crippen molar-refractivity contribution in [1.29, 1.82) is 0 Å². The Morgan fingerprint density at radius 3 is 2.42 bits per heavy atom. The predicted octanol–water partition coefficient (Wildman–Crippen LogP) is 2.33. The maximum Gasteiger partial charge on any atom is 0.242 e. The van der Waals surface area contributed by atoms with Crippen LogP contribution in [0.25, 0.3) is 0 Å². The van der Waals surface area contributed by atoms with E-state index in [1.165, 1.54) is 37.7 Å². The number of hydrogen-bond acceptors (Lipinski definition) is 6. The minimum absolute atomic E-state index is 0.292. The molecule has 1 fully saturated rings. The Labute approximate surface area is 155 Å². The SMILES string of the molecule is CN(C)S(=O)(=O)c1ccc(CNc2cc(N3CCCCC3)ncn2)cc1. The molecule has 0 unspecified atom stereocenters. The van der Waals surface area contributed by atoms with E-state index >= 15 is 0 Å². The van der Waals surface area contributed by atoms with E-state index in [-0.39, 0.29) is 0 Å². The largest absolute Gasteiger partial charge is 0.366 e. The van der Waals surface area contributed by atoms with E-state index in [0.717, 1.165) is 30.3 Å². The number of sulfonamides is 1. The Balaban J connectivity index is 1.64. The first kappa shape index (κ1) is 18.6. The first-order valence-corrected chi connectivity index (χ1v) is 10.2. The lowest BCUT2D eigenvalue weighted by atomic mass is 10.1. The minimum Gasteiger partial charge on any atom is -0.366 e. The van der Waals surface area contributed by atoms with Gasteiger partial charge in [0.1, 0.15) is 18.0 Å². The van der Waals surface area contributed by atoms with Crippen LogP contribution in [0, 0.1) is 0 Å². The van der Waals surface area contributed by atoms with E-state index in [2.05, 4.69) is 20.2 Å². The van der Waals surface area contributed by atoms with E-state index in [1.807, 2.05) is 18.2 Å². The van der Waals surface area contributed by atoms with Crippen LogP contribution in [-0.2, 0) is 16.6 Å². The van der Waals surface area contributed by atoms with E-state index in [9.17, 15) is 8.42 Å². The predicted molar refractivity (Wildman–Crippen MR) is 103 cm³/mol. The van der Waals surface area contributed by atoms with E-state index in [4.69, 9.17) is 0 Å². The number of nitrogens with zero attached hydrogens (tertiary/aromatic N) is 4. The van der Waals surface area contributed by atoms with Crippen LogP contribution in [0.1, 0.15) is 24.8 Å². The Kier molecular flexibility index (Phi) is 5.73.